The molecule has 1 aliphatic heterocycles. The SMILES string of the molecule is CO[C@@H]1[C@@H](n2cc(-c3csc(N)n3)nn2)[C@@H](O)[C@@H](CO)O[C@@H]1Sc1cc(Cl)cnc1C. The number of thioether (sulfide) groups is 1. The molecule has 1 aliphatic rings. The van der Waals surface area contributed by atoms with E-state index in [1.165, 1.54) is 34.9 Å². The molecule has 0 amide bonds. The summed E-state index contributed by atoms with van der Waals surface area (Å²) in [5, 5.41) is 31.8. The molecule has 0 bridgehead atoms. The van der Waals surface area contributed by atoms with Gasteiger partial charge in [-0.1, -0.05) is 28.6 Å². The first-order valence-electron chi connectivity index (χ1n) is 9.30. The molecule has 3 aromatic heterocycles. The molecule has 4 N–H and O–H groups in total. The number of nitrogen functional groups attached to an aromatic ring is 1. The minimum absolute atomic E-state index is 0.373. The lowest BCUT2D eigenvalue weighted by atomic mass is 9.97. The highest BCUT2D eigenvalue weighted by Crippen LogP contribution is 2.40. The molecular weight excluding hydrogens is 464 g/mol. The first-order chi connectivity index (χ1) is 14.9. The van der Waals surface area contributed by atoms with Gasteiger partial charge in [0.2, 0.25) is 0 Å². The zero-order chi connectivity index (χ0) is 22.1. The van der Waals surface area contributed by atoms with Gasteiger partial charge >= 0.3 is 0 Å². The van der Waals surface area contributed by atoms with Crippen LogP contribution >= 0.6 is 34.7 Å². The summed E-state index contributed by atoms with van der Waals surface area (Å²) in [7, 11) is 1.53. The quantitative estimate of drug-likeness (QED) is 0.473. The number of aliphatic hydroxyl groups excluding tert-OH is 2. The van der Waals surface area contributed by atoms with Crippen molar-refractivity contribution in [2.75, 3.05) is 19.5 Å². The van der Waals surface area contributed by atoms with Gasteiger partial charge in [0.1, 0.15) is 41.2 Å². The summed E-state index contributed by atoms with van der Waals surface area (Å²) in [6.07, 6.45) is 0.699. The highest BCUT2D eigenvalue weighted by Gasteiger charge is 2.47. The first-order valence-corrected chi connectivity index (χ1v) is 11.4. The van der Waals surface area contributed by atoms with Crippen LogP contribution in [-0.4, -0.2) is 72.6 Å². The summed E-state index contributed by atoms with van der Waals surface area (Å²) in [5.41, 5.74) is 7.03. The van der Waals surface area contributed by atoms with Crippen LogP contribution < -0.4 is 5.73 Å². The molecule has 13 heteroatoms. The number of hydrogen-bond donors (Lipinski definition) is 3. The second kappa shape index (κ2) is 9.36. The number of aromatic nitrogens is 5. The number of aliphatic hydroxyl groups is 2. The molecule has 10 nitrogen and oxygen atoms in total. The molecule has 4 rings (SSSR count). The Bertz CT molecular complexity index is 1050. The monoisotopic (exact) mass is 484 g/mol. The Morgan fingerprint density at radius 1 is 1.42 bits per heavy atom. The fourth-order valence-electron chi connectivity index (χ4n) is 3.39. The van der Waals surface area contributed by atoms with Crippen molar-refractivity contribution in [3.05, 3.63) is 34.6 Å². The molecule has 0 aliphatic carbocycles. The maximum absolute atomic E-state index is 10.9. The van der Waals surface area contributed by atoms with Gasteiger partial charge in [-0.25, -0.2) is 9.67 Å². The number of nitrogens with zero attached hydrogens (tertiary/aromatic N) is 5. The molecule has 0 aromatic carbocycles. The topological polar surface area (TPSA) is 141 Å². The van der Waals surface area contributed by atoms with Crippen LogP contribution in [-0.2, 0) is 9.47 Å². The van der Waals surface area contributed by atoms with E-state index in [4.69, 9.17) is 26.8 Å². The van der Waals surface area contributed by atoms with Crippen LogP contribution in [0.25, 0.3) is 11.4 Å². The molecule has 0 radical (unpaired) electrons. The van der Waals surface area contributed by atoms with Gasteiger partial charge in [0.05, 0.1) is 23.5 Å². The Labute approximate surface area is 191 Å². The molecule has 1 saturated heterocycles. The van der Waals surface area contributed by atoms with Crippen LogP contribution in [0.2, 0.25) is 5.02 Å². The van der Waals surface area contributed by atoms with Crippen molar-refractivity contribution in [2.24, 2.45) is 0 Å². The number of thiazole rings is 1. The molecule has 5 atom stereocenters. The van der Waals surface area contributed by atoms with Gasteiger partial charge in [-0.2, -0.15) is 0 Å². The van der Waals surface area contributed by atoms with Crippen molar-refractivity contribution in [1.29, 1.82) is 0 Å². The smallest absolute Gasteiger partial charge is 0.180 e. The number of methoxy groups -OCH3 is 1. The first kappa shape index (κ1) is 22.4. The maximum atomic E-state index is 10.9. The highest BCUT2D eigenvalue weighted by molar-refractivity contribution is 7.99. The van der Waals surface area contributed by atoms with Gasteiger partial charge in [0, 0.05) is 23.6 Å². The predicted molar refractivity (Wildman–Crippen MR) is 117 cm³/mol. The Morgan fingerprint density at radius 2 is 2.23 bits per heavy atom. The largest absolute Gasteiger partial charge is 0.394 e. The minimum Gasteiger partial charge on any atom is -0.394 e. The summed E-state index contributed by atoms with van der Waals surface area (Å²) in [5.74, 6) is 0. The molecule has 1 fully saturated rings. The van der Waals surface area contributed by atoms with Crippen molar-refractivity contribution < 1.29 is 19.7 Å². The number of rotatable bonds is 6. The molecular formula is C18H21ClN6O4S2. The molecule has 0 spiro atoms. The van der Waals surface area contributed by atoms with Crippen LogP contribution in [0.1, 0.15) is 11.7 Å². The lowest BCUT2D eigenvalue weighted by Gasteiger charge is -2.43. The average molecular weight is 485 g/mol. The second-order valence-corrected chi connectivity index (χ2v) is 9.38. The molecule has 166 valence electrons. The lowest BCUT2D eigenvalue weighted by Crippen LogP contribution is -2.55. The van der Waals surface area contributed by atoms with Gasteiger partial charge in [-0.05, 0) is 13.0 Å². The zero-order valence-corrected chi connectivity index (χ0v) is 19.0. The van der Waals surface area contributed by atoms with Crippen LogP contribution in [0.5, 0.6) is 0 Å². The van der Waals surface area contributed by atoms with Crippen molar-refractivity contribution >= 4 is 39.8 Å². The molecule has 31 heavy (non-hydrogen) atoms. The summed E-state index contributed by atoms with van der Waals surface area (Å²) < 4.78 is 13.2. The van der Waals surface area contributed by atoms with E-state index in [1.54, 1.807) is 23.8 Å². The summed E-state index contributed by atoms with van der Waals surface area (Å²) >= 11 is 8.77. The number of nitrogens with two attached hydrogens (primary N) is 1. The van der Waals surface area contributed by atoms with Gasteiger partial charge in [0.25, 0.3) is 0 Å². The summed E-state index contributed by atoms with van der Waals surface area (Å²) in [6.45, 7) is 1.49. The van der Waals surface area contributed by atoms with Crippen molar-refractivity contribution in [2.45, 2.75) is 41.6 Å². The van der Waals surface area contributed by atoms with Crippen molar-refractivity contribution in [1.82, 2.24) is 25.0 Å². The van der Waals surface area contributed by atoms with E-state index >= 15 is 0 Å². The second-order valence-electron chi connectivity index (χ2n) is 6.92. The predicted octanol–water partition coefficient (Wildman–Crippen LogP) is 1.77. The van der Waals surface area contributed by atoms with Crippen LogP contribution in [0.15, 0.2) is 28.7 Å². The molecule has 0 saturated carbocycles. The van der Waals surface area contributed by atoms with E-state index < -0.39 is 29.8 Å². The minimum atomic E-state index is -1.08. The molecule has 4 heterocycles. The van der Waals surface area contributed by atoms with Gasteiger partial charge < -0.3 is 25.4 Å². The highest BCUT2D eigenvalue weighted by atomic mass is 35.5. The standard InChI is InChI=1S/C18H21ClN6O4S2/c1-8-13(3-9(19)4-21-8)31-17-16(28-2)14(15(27)12(6-26)29-17)25-5-10(23-24-25)11-7-30-18(20)22-11/h3-5,7,12,14-17,26-27H,6H2,1-2H3,(H2,20,22)/t12-,14+,15+,16-,17-/m1/s1. The Balaban J connectivity index is 1.66. The van der Waals surface area contributed by atoms with E-state index in [0.29, 0.717) is 21.5 Å². The maximum Gasteiger partial charge on any atom is 0.180 e. The molecule has 0 unspecified atom stereocenters. The molecule has 3 aromatic rings. The number of anilines is 1. The number of pyridine rings is 1. The third kappa shape index (κ3) is 4.55. The van der Waals surface area contributed by atoms with Gasteiger partial charge in [0.15, 0.2) is 5.13 Å². The third-order valence-electron chi connectivity index (χ3n) is 4.95. The summed E-state index contributed by atoms with van der Waals surface area (Å²) in [6, 6.07) is 1.12. The van der Waals surface area contributed by atoms with Crippen LogP contribution in [0, 0.1) is 6.92 Å². The fraction of sp³-hybridized carbons (Fsp3) is 0.444. The average Bonchev–Trinajstić information content (AvgIpc) is 3.40. The Hall–Kier alpha value is -1.80. The Morgan fingerprint density at radius 3 is 2.90 bits per heavy atom. The normalized spacial score (nSPS) is 26.3. The third-order valence-corrected chi connectivity index (χ3v) is 7.11. The van der Waals surface area contributed by atoms with Crippen LogP contribution in [0.3, 0.4) is 0 Å². The van der Waals surface area contributed by atoms with Crippen molar-refractivity contribution in [3.63, 3.8) is 0 Å². The van der Waals surface area contributed by atoms with Gasteiger partial charge in [-0.15, -0.1) is 16.4 Å². The van der Waals surface area contributed by atoms with E-state index in [9.17, 15) is 10.2 Å². The van der Waals surface area contributed by atoms with E-state index in [1.807, 2.05) is 6.92 Å². The van der Waals surface area contributed by atoms with Crippen LogP contribution in [0.4, 0.5) is 5.13 Å². The fourth-order valence-corrected chi connectivity index (χ4v) is 5.44. The van der Waals surface area contributed by atoms with E-state index in [2.05, 4.69) is 20.3 Å². The Kier molecular flexibility index (Phi) is 6.77. The number of aryl methyl sites for hydroxylation is 1. The van der Waals surface area contributed by atoms with Crippen molar-refractivity contribution in [3.8, 4) is 11.4 Å². The van der Waals surface area contributed by atoms with Gasteiger partial charge in [-0.3, -0.25) is 4.98 Å². The van der Waals surface area contributed by atoms with E-state index in [-0.39, 0.29) is 6.61 Å². The number of ether oxygens (including phenoxy) is 2. The zero-order valence-electron chi connectivity index (χ0n) is 16.6. The number of hydrogen-bond acceptors (Lipinski definition) is 11. The van der Waals surface area contributed by atoms with E-state index in [0.717, 1.165) is 10.6 Å². The summed E-state index contributed by atoms with van der Waals surface area (Å²) in [4.78, 5) is 9.30. The number of halogens is 1. The lowest BCUT2D eigenvalue weighted by molar-refractivity contribution is -0.186.